The number of nitrogen functional groups attached to an aromatic ring is 1. The summed E-state index contributed by atoms with van der Waals surface area (Å²) in [5, 5.41) is 3.21. The molecule has 0 saturated heterocycles. The van der Waals surface area contributed by atoms with Crippen molar-refractivity contribution in [3.8, 4) is 0 Å². The van der Waals surface area contributed by atoms with Gasteiger partial charge in [-0.3, -0.25) is 0 Å². The van der Waals surface area contributed by atoms with Gasteiger partial charge in [0.15, 0.2) is 0 Å². The predicted octanol–water partition coefficient (Wildman–Crippen LogP) is 5.42. The molecule has 0 atom stereocenters. The van der Waals surface area contributed by atoms with Crippen LogP contribution in [0.2, 0.25) is 5.02 Å². The summed E-state index contributed by atoms with van der Waals surface area (Å²) in [6.07, 6.45) is 0. The first kappa shape index (κ1) is 15.7. The summed E-state index contributed by atoms with van der Waals surface area (Å²) >= 11 is 6.96. The third-order valence-electron chi connectivity index (χ3n) is 2.75. The maximum Gasteiger partial charge on any atom is 0.0508 e. The van der Waals surface area contributed by atoms with Gasteiger partial charge in [0.25, 0.3) is 0 Å². The molecule has 0 heterocycles. The highest BCUT2D eigenvalue weighted by Crippen LogP contribution is 2.23. The SMILES string of the molecule is COSc1ccc2ccccc2c1.Nc1cccc(Cl)c1. The molecule has 0 amide bonds. The molecular weight excluding hydrogens is 302 g/mol. The van der Waals surface area contributed by atoms with Gasteiger partial charge in [0.2, 0.25) is 0 Å². The molecule has 0 aromatic heterocycles. The van der Waals surface area contributed by atoms with Gasteiger partial charge in [0.05, 0.1) is 7.11 Å². The van der Waals surface area contributed by atoms with Crippen LogP contribution in [0.1, 0.15) is 0 Å². The lowest BCUT2D eigenvalue weighted by Crippen LogP contribution is -1.80. The number of nitrogens with two attached hydrogens (primary N) is 1. The predicted molar refractivity (Wildman–Crippen MR) is 92.7 cm³/mol. The Morgan fingerprint density at radius 3 is 2.29 bits per heavy atom. The second-order valence-electron chi connectivity index (χ2n) is 4.31. The monoisotopic (exact) mass is 317 g/mol. The van der Waals surface area contributed by atoms with Crippen LogP contribution in [0.3, 0.4) is 0 Å². The fourth-order valence-electron chi connectivity index (χ4n) is 1.82. The lowest BCUT2D eigenvalue weighted by molar-refractivity contribution is 0.490. The fraction of sp³-hybridized carbons (Fsp3) is 0.0588. The van der Waals surface area contributed by atoms with Gasteiger partial charge < -0.3 is 9.92 Å². The Morgan fingerprint density at radius 2 is 1.67 bits per heavy atom. The van der Waals surface area contributed by atoms with Crippen molar-refractivity contribution in [3.63, 3.8) is 0 Å². The Balaban J connectivity index is 0.000000173. The zero-order chi connectivity index (χ0) is 15.1. The smallest absolute Gasteiger partial charge is 0.0508 e. The molecule has 0 unspecified atom stereocenters. The average molecular weight is 318 g/mol. The van der Waals surface area contributed by atoms with Gasteiger partial charge in [-0.15, -0.1) is 0 Å². The van der Waals surface area contributed by atoms with Crippen molar-refractivity contribution >= 4 is 40.1 Å². The van der Waals surface area contributed by atoms with Gasteiger partial charge >= 0.3 is 0 Å². The van der Waals surface area contributed by atoms with Gasteiger partial charge in [-0.05, 0) is 41.1 Å². The molecule has 108 valence electrons. The van der Waals surface area contributed by atoms with Crippen LogP contribution in [-0.4, -0.2) is 7.11 Å². The normalized spacial score (nSPS) is 10.0. The van der Waals surface area contributed by atoms with Crippen LogP contribution in [0.25, 0.3) is 10.8 Å². The molecule has 0 aliphatic rings. The van der Waals surface area contributed by atoms with Crippen LogP contribution in [0.5, 0.6) is 0 Å². The maximum absolute atomic E-state index is 5.56. The third kappa shape index (κ3) is 4.97. The van der Waals surface area contributed by atoms with E-state index in [-0.39, 0.29) is 0 Å². The van der Waals surface area contributed by atoms with E-state index < -0.39 is 0 Å². The van der Waals surface area contributed by atoms with Crippen molar-refractivity contribution < 1.29 is 4.18 Å². The first-order valence-corrected chi connectivity index (χ1v) is 7.51. The molecule has 0 aliphatic carbocycles. The lowest BCUT2D eigenvalue weighted by Gasteiger charge is -2.00. The number of benzene rings is 3. The second kappa shape index (κ2) is 7.93. The number of fused-ring (bicyclic) bond motifs is 1. The minimum absolute atomic E-state index is 0.685. The molecule has 4 heteroatoms. The van der Waals surface area contributed by atoms with Crippen molar-refractivity contribution in [2.24, 2.45) is 0 Å². The van der Waals surface area contributed by atoms with Crippen LogP contribution in [-0.2, 0) is 4.18 Å². The molecule has 0 fully saturated rings. The molecule has 0 aliphatic heterocycles. The maximum atomic E-state index is 5.56. The zero-order valence-electron chi connectivity index (χ0n) is 11.6. The highest BCUT2D eigenvalue weighted by Gasteiger charge is 1.95. The molecule has 2 nitrogen and oxygen atoms in total. The first-order chi connectivity index (χ1) is 10.2. The minimum atomic E-state index is 0.685. The summed E-state index contributed by atoms with van der Waals surface area (Å²) in [6.45, 7) is 0. The first-order valence-electron chi connectivity index (χ1n) is 6.39. The van der Waals surface area contributed by atoms with Gasteiger partial charge in [-0.1, -0.05) is 48.0 Å². The lowest BCUT2D eigenvalue weighted by atomic mass is 10.1. The summed E-state index contributed by atoms with van der Waals surface area (Å²) in [7, 11) is 1.68. The molecule has 0 spiro atoms. The van der Waals surface area contributed by atoms with E-state index >= 15 is 0 Å². The quantitative estimate of drug-likeness (QED) is 0.506. The fourth-order valence-corrected chi connectivity index (χ4v) is 2.51. The molecular formula is C17H16ClNOS. The van der Waals surface area contributed by atoms with Crippen LogP contribution < -0.4 is 5.73 Å². The molecule has 21 heavy (non-hydrogen) atoms. The standard InChI is InChI=1S/C11H10OS.C6H6ClN/c1-12-13-11-7-6-9-4-2-3-5-10(9)8-11;7-5-2-1-3-6(8)4-5/h2-8H,1H3;1-4H,8H2. The van der Waals surface area contributed by atoms with Crippen molar-refractivity contribution in [3.05, 3.63) is 71.8 Å². The minimum Gasteiger partial charge on any atom is -0.399 e. The van der Waals surface area contributed by atoms with Gasteiger partial charge in [-0.2, -0.15) is 0 Å². The molecule has 0 radical (unpaired) electrons. The van der Waals surface area contributed by atoms with Gasteiger partial charge in [0.1, 0.15) is 0 Å². The van der Waals surface area contributed by atoms with Crippen molar-refractivity contribution in [2.75, 3.05) is 12.8 Å². The van der Waals surface area contributed by atoms with Crippen LogP contribution in [0, 0.1) is 0 Å². The third-order valence-corrected chi connectivity index (χ3v) is 3.60. The topological polar surface area (TPSA) is 35.2 Å². The van der Waals surface area contributed by atoms with Crippen LogP contribution >= 0.6 is 23.6 Å². The van der Waals surface area contributed by atoms with E-state index in [2.05, 4.69) is 30.3 Å². The number of anilines is 1. The highest BCUT2D eigenvalue weighted by atomic mass is 35.5. The summed E-state index contributed by atoms with van der Waals surface area (Å²) < 4.78 is 4.99. The zero-order valence-corrected chi connectivity index (χ0v) is 13.2. The van der Waals surface area contributed by atoms with E-state index in [9.17, 15) is 0 Å². The molecule has 0 bridgehead atoms. The molecule has 2 N–H and O–H groups in total. The van der Waals surface area contributed by atoms with Gasteiger partial charge in [0, 0.05) is 27.6 Å². The highest BCUT2D eigenvalue weighted by molar-refractivity contribution is 7.94. The van der Waals surface area contributed by atoms with Crippen molar-refractivity contribution in [1.29, 1.82) is 0 Å². The Hall–Kier alpha value is -1.68. The molecule has 0 saturated carbocycles. The van der Waals surface area contributed by atoms with E-state index in [1.54, 1.807) is 25.3 Å². The summed E-state index contributed by atoms with van der Waals surface area (Å²) in [6, 6.07) is 21.7. The molecule has 3 aromatic carbocycles. The Morgan fingerprint density at radius 1 is 0.905 bits per heavy atom. The summed E-state index contributed by atoms with van der Waals surface area (Å²) in [5.74, 6) is 0. The van der Waals surface area contributed by atoms with E-state index in [1.165, 1.54) is 22.8 Å². The summed E-state index contributed by atoms with van der Waals surface area (Å²) in [4.78, 5) is 1.14. The van der Waals surface area contributed by atoms with Crippen molar-refractivity contribution in [1.82, 2.24) is 0 Å². The van der Waals surface area contributed by atoms with Crippen molar-refractivity contribution in [2.45, 2.75) is 4.90 Å². The van der Waals surface area contributed by atoms with E-state index in [0.717, 1.165) is 4.90 Å². The number of hydrogen-bond acceptors (Lipinski definition) is 3. The van der Waals surface area contributed by atoms with Crippen LogP contribution in [0.15, 0.2) is 71.6 Å². The number of halogens is 1. The Kier molecular flexibility index (Phi) is 5.93. The van der Waals surface area contributed by atoms with Crippen LogP contribution in [0.4, 0.5) is 5.69 Å². The van der Waals surface area contributed by atoms with E-state index in [4.69, 9.17) is 21.5 Å². The van der Waals surface area contributed by atoms with E-state index in [0.29, 0.717) is 10.7 Å². The Bertz CT molecular complexity index is 700. The molecule has 3 aromatic rings. The van der Waals surface area contributed by atoms with E-state index in [1.807, 2.05) is 18.2 Å². The largest absolute Gasteiger partial charge is 0.399 e. The average Bonchev–Trinajstić information content (AvgIpc) is 2.48. The van der Waals surface area contributed by atoms with Gasteiger partial charge in [-0.25, -0.2) is 0 Å². The molecule has 3 rings (SSSR count). The number of hydrogen-bond donors (Lipinski definition) is 1. The summed E-state index contributed by atoms with van der Waals surface area (Å²) in [5.41, 5.74) is 6.08. The Labute approximate surface area is 134 Å². The second-order valence-corrected chi connectivity index (χ2v) is 5.72. The number of rotatable bonds is 2.